The van der Waals surface area contributed by atoms with Crippen molar-refractivity contribution in [3.05, 3.63) is 165 Å². The lowest BCUT2D eigenvalue weighted by Gasteiger charge is -2.29. The number of rotatable bonds is 5. The molecule has 4 aliphatic carbocycles. The van der Waals surface area contributed by atoms with Gasteiger partial charge in [-0.25, -0.2) is 0 Å². The van der Waals surface area contributed by atoms with Gasteiger partial charge >= 0.3 is 0 Å². The van der Waals surface area contributed by atoms with Gasteiger partial charge in [0, 0.05) is 38.7 Å². The summed E-state index contributed by atoms with van der Waals surface area (Å²) in [5.74, 6) is 0.333. The summed E-state index contributed by atoms with van der Waals surface area (Å²) in [5.41, 5.74) is 12.3. The van der Waals surface area contributed by atoms with Crippen molar-refractivity contribution in [3.63, 3.8) is 0 Å². The standard InChI is InChI=1S/C45H37NO/c1-3-14-35(15-4-1)46(36-16-5-2-6-17-36)43-23-11-20-39-37(18-9-21-40(39)43)34-28-29-44-42(30-34)41-22-10-19-38(45(41)47-44)33-26-24-31-12-7-8-13-32(31)25-27-33/h1,3-5,7-8,10-17,19-24,26-27,29-30,34H,2,6,9,18,25,28H2. The number of para-hydroxylation sites is 2. The van der Waals surface area contributed by atoms with E-state index in [1.165, 1.54) is 66.0 Å². The second-order valence-corrected chi connectivity index (χ2v) is 13.0. The minimum Gasteiger partial charge on any atom is -0.456 e. The minimum absolute atomic E-state index is 0.333. The molecule has 0 saturated carbocycles. The first-order valence-corrected chi connectivity index (χ1v) is 17.1. The smallest absolute Gasteiger partial charge is 0.143 e. The van der Waals surface area contributed by atoms with Gasteiger partial charge in [-0.15, -0.1) is 0 Å². The van der Waals surface area contributed by atoms with E-state index in [4.69, 9.17) is 4.42 Å². The lowest BCUT2D eigenvalue weighted by molar-refractivity contribution is 0.568. The van der Waals surface area contributed by atoms with Gasteiger partial charge in [0.2, 0.25) is 0 Å². The molecule has 9 rings (SSSR count). The van der Waals surface area contributed by atoms with E-state index < -0.39 is 0 Å². The molecule has 1 unspecified atom stereocenters. The highest BCUT2D eigenvalue weighted by atomic mass is 16.3. The maximum atomic E-state index is 6.67. The Morgan fingerprint density at radius 2 is 1.57 bits per heavy atom. The van der Waals surface area contributed by atoms with Gasteiger partial charge in [0.1, 0.15) is 11.0 Å². The van der Waals surface area contributed by atoms with E-state index in [9.17, 15) is 0 Å². The zero-order valence-electron chi connectivity index (χ0n) is 26.5. The van der Waals surface area contributed by atoms with Crippen LogP contribution in [0.3, 0.4) is 0 Å². The Labute approximate surface area is 275 Å². The van der Waals surface area contributed by atoms with E-state index in [1.807, 2.05) is 0 Å². The van der Waals surface area contributed by atoms with Gasteiger partial charge < -0.3 is 9.32 Å². The van der Waals surface area contributed by atoms with Crippen molar-refractivity contribution in [2.45, 2.75) is 38.5 Å². The van der Waals surface area contributed by atoms with Crippen LogP contribution in [-0.2, 0) is 6.42 Å². The molecule has 2 heteroatoms. The van der Waals surface area contributed by atoms with Crippen LogP contribution in [0.1, 0.15) is 48.8 Å². The van der Waals surface area contributed by atoms with Crippen LogP contribution in [0.4, 0.5) is 11.4 Å². The first-order valence-electron chi connectivity index (χ1n) is 17.1. The van der Waals surface area contributed by atoms with Gasteiger partial charge in [0.25, 0.3) is 0 Å². The third kappa shape index (κ3) is 4.96. The maximum Gasteiger partial charge on any atom is 0.143 e. The van der Waals surface area contributed by atoms with E-state index in [2.05, 4.69) is 151 Å². The average molecular weight is 608 g/mol. The number of benzene rings is 4. The van der Waals surface area contributed by atoms with Crippen LogP contribution < -0.4 is 26.0 Å². The van der Waals surface area contributed by atoms with Gasteiger partial charge in [0.15, 0.2) is 0 Å². The van der Waals surface area contributed by atoms with Crippen LogP contribution in [0.15, 0.2) is 131 Å². The quantitative estimate of drug-likeness (QED) is 0.199. The summed E-state index contributed by atoms with van der Waals surface area (Å²) in [4.78, 5) is 2.45. The molecule has 0 amide bonds. The van der Waals surface area contributed by atoms with Gasteiger partial charge in [-0.1, -0.05) is 121 Å². The number of allylic oxidation sites excluding steroid dienone is 6. The molecule has 0 fully saturated rings. The lowest BCUT2D eigenvalue weighted by atomic mass is 9.84. The highest BCUT2D eigenvalue weighted by Crippen LogP contribution is 2.33. The predicted octanol–water partition coefficient (Wildman–Crippen LogP) is 8.46. The van der Waals surface area contributed by atoms with Crippen LogP contribution in [0.25, 0.3) is 46.4 Å². The molecule has 0 N–H and O–H groups in total. The first kappa shape index (κ1) is 27.9. The molecule has 0 bridgehead atoms. The molecule has 2 nitrogen and oxygen atoms in total. The van der Waals surface area contributed by atoms with Crippen molar-refractivity contribution in [1.82, 2.24) is 0 Å². The molecule has 5 aromatic rings. The number of hydrogen-bond acceptors (Lipinski definition) is 2. The molecule has 228 valence electrons. The van der Waals surface area contributed by atoms with E-state index in [1.54, 1.807) is 0 Å². The van der Waals surface area contributed by atoms with E-state index >= 15 is 0 Å². The van der Waals surface area contributed by atoms with Gasteiger partial charge in [-0.05, 0) is 90.8 Å². The molecule has 47 heavy (non-hydrogen) atoms. The number of anilines is 2. The van der Waals surface area contributed by atoms with Gasteiger partial charge in [-0.2, -0.15) is 0 Å². The fraction of sp³-hybridized carbons (Fsp3) is 0.156. The molecular weight excluding hydrogens is 571 g/mol. The molecule has 4 aromatic carbocycles. The summed E-state index contributed by atoms with van der Waals surface area (Å²) in [7, 11) is 0. The fourth-order valence-electron chi connectivity index (χ4n) is 7.91. The summed E-state index contributed by atoms with van der Waals surface area (Å²) in [6, 6.07) is 33.0. The number of hydrogen-bond donors (Lipinski definition) is 0. The van der Waals surface area contributed by atoms with Crippen molar-refractivity contribution in [2.75, 3.05) is 4.90 Å². The summed E-state index contributed by atoms with van der Waals surface area (Å²) in [5, 5.41) is 5.18. The zero-order valence-corrected chi connectivity index (χ0v) is 26.5. The number of furan rings is 1. The topological polar surface area (TPSA) is 16.4 Å². The molecule has 1 aromatic heterocycles. The molecule has 1 heterocycles. The Bertz CT molecular complexity index is 2420. The van der Waals surface area contributed by atoms with E-state index in [0.717, 1.165) is 49.5 Å². The largest absolute Gasteiger partial charge is 0.456 e. The molecule has 0 spiro atoms. The Morgan fingerprint density at radius 1 is 0.681 bits per heavy atom. The minimum atomic E-state index is 0.333. The van der Waals surface area contributed by atoms with Crippen molar-refractivity contribution < 1.29 is 4.42 Å². The molecule has 4 aliphatic rings. The summed E-state index contributed by atoms with van der Waals surface area (Å²) in [6.07, 6.45) is 27.3. The van der Waals surface area contributed by atoms with Crippen LogP contribution >= 0.6 is 0 Å². The molecular formula is C45H37NO. The Morgan fingerprint density at radius 3 is 2.49 bits per heavy atom. The second kappa shape index (κ2) is 11.8. The van der Waals surface area contributed by atoms with Crippen molar-refractivity contribution in [2.24, 2.45) is 5.92 Å². The molecule has 1 atom stereocenters. The lowest BCUT2D eigenvalue weighted by Crippen LogP contribution is -2.37. The third-order valence-electron chi connectivity index (χ3n) is 10.2. The highest BCUT2D eigenvalue weighted by Gasteiger charge is 2.22. The molecule has 0 aliphatic heterocycles. The van der Waals surface area contributed by atoms with Crippen LogP contribution in [-0.4, -0.2) is 0 Å². The third-order valence-corrected chi connectivity index (χ3v) is 10.2. The van der Waals surface area contributed by atoms with Gasteiger partial charge in [0.05, 0.1) is 5.69 Å². The van der Waals surface area contributed by atoms with E-state index in [0.29, 0.717) is 5.92 Å². The maximum absolute atomic E-state index is 6.67. The van der Waals surface area contributed by atoms with Crippen molar-refractivity contribution in [1.29, 1.82) is 0 Å². The monoisotopic (exact) mass is 607 g/mol. The number of nitrogens with zero attached hydrogens (tertiary/aromatic N) is 1. The van der Waals surface area contributed by atoms with Crippen LogP contribution in [0, 0.1) is 5.92 Å². The van der Waals surface area contributed by atoms with Gasteiger partial charge in [-0.3, -0.25) is 0 Å². The predicted molar refractivity (Wildman–Crippen MR) is 197 cm³/mol. The molecule has 0 radical (unpaired) electrons. The van der Waals surface area contributed by atoms with Crippen molar-refractivity contribution in [3.8, 4) is 0 Å². The fourth-order valence-corrected chi connectivity index (χ4v) is 7.91. The van der Waals surface area contributed by atoms with Crippen molar-refractivity contribution >= 4 is 57.8 Å². The molecule has 0 saturated heterocycles. The second-order valence-electron chi connectivity index (χ2n) is 13.0. The summed E-state index contributed by atoms with van der Waals surface area (Å²) >= 11 is 0. The van der Waals surface area contributed by atoms with Crippen LogP contribution in [0.5, 0.6) is 0 Å². The van der Waals surface area contributed by atoms with Crippen LogP contribution in [0.2, 0.25) is 0 Å². The number of fused-ring (bicyclic) bond motifs is 5. The summed E-state index contributed by atoms with van der Waals surface area (Å²) in [6.45, 7) is 0. The normalized spacial score (nSPS) is 18.0. The Kier molecular flexibility index (Phi) is 7.00. The highest BCUT2D eigenvalue weighted by molar-refractivity contribution is 5.95. The average Bonchev–Trinajstić information content (AvgIpc) is 3.37. The SMILES string of the molecule is C1=CC(N(c2ccccc2)c2cccc3c2=CCCC=3C2C=c3c(oc4c(C5=CCc6ccccc6C=C5)cccc34)=CC2)=CCC1. The first-order chi connectivity index (χ1) is 23.3. The summed E-state index contributed by atoms with van der Waals surface area (Å²) < 4.78 is 6.67. The van der Waals surface area contributed by atoms with E-state index in [-0.39, 0.29) is 0 Å². The Hall–Kier alpha value is -5.34. The zero-order chi connectivity index (χ0) is 31.2. The Balaban J connectivity index is 1.15.